The van der Waals surface area contributed by atoms with E-state index in [4.69, 9.17) is 4.74 Å². The van der Waals surface area contributed by atoms with Gasteiger partial charge >= 0.3 is 5.97 Å². The summed E-state index contributed by atoms with van der Waals surface area (Å²) < 4.78 is 5.24. The van der Waals surface area contributed by atoms with E-state index >= 15 is 0 Å². The molecule has 2 heterocycles. The Morgan fingerprint density at radius 3 is 2.75 bits per heavy atom. The number of nitrogens with zero attached hydrogens (tertiary/aromatic N) is 1. The molecule has 2 saturated carbocycles. The minimum atomic E-state index is -0.937. The van der Waals surface area contributed by atoms with Crippen LogP contribution in [-0.2, 0) is 9.53 Å². The fourth-order valence-electron chi connectivity index (χ4n) is 9.41. The van der Waals surface area contributed by atoms with Gasteiger partial charge in [-0.05, 0) is 56.3 Å². The molecule has 5 nitrogen and oxygen atoms in total. The quantitative estimate of drug-likeness (QED) is 0.534. The third kappa shape index (κ3) is 1.58. The Kier molecular flexibility index (Phi) is 3.34. The second kappa shape index (κ2) is 5.22. The minimum Gasteiger partial charge on any atom is -0.469 e. The van der Waals surface area contributed by atoms with Crippen LogP contribution in [-0.4, -0.2) is 53.1 Å². The molecule has 28 heavy (non-hydrogen) atoms. The highest BCUT2D eigenvalue weighted by Gasteiger charge is 2.82. The molecule has 4 bridgehead atoms. The fraction of sp³-hybridized carbons (Fsp3) is 0.870. The van der Waals surface area contributed by atoms with Gasteiger partial charge in [0.15, 0.2) is 0 Å². The minimum absolute atomic E-state index is 0.0704. The molecule has 154 valence electrons. The molecule has 6 rings (SSSR count). The molecule has 0 aromatic rings. The Morgan fingerprint density at radius 2 is 2.00 bits per heavy atom. The summed E-state index contributed by atoms with van der Waals surface area (Å²) in [4.78, 5) is 15.2. The van der Waals surface area contributed by atoms with E-state index in [0.29, 0.717) is 24.7 Å². The predicted octanol–water partition coefficient (Wildman–Crippen LogP) is 2.32. The van der Waals surface area contributed by atoms with Crippen LogP contribution in [0.4, 0.5) is 0 Å². The normalized spacial score (nSPS) is 56.6. The van der Waals surface area contributed by atoms with Crippen LogP contribution in [0.1, 0.15) is 52.4 Å². The van der Waals surface area contributed by atoms with Crippen LogP contribution < -0.4 is 0 Å². The highest BCUT2D eigenvalue weighted by atomic mass is 16.5. The van der Waals surface area contributed by atoms with Crippen LogP contribution in [0.3, 0.4) is 0 Å². The van der Waals surface area contributed by atoms with E-state index in [1.54, 1.807) is 0 Å². The summed E-state index contributed by atoms with van der Waals surface area (Å²) in [5.74, 6) is 0.671. The van der Waals surface area contributed by atoms with E-state index in [1.165, 1.54) is 18.3 Å². The molecule has 0 aromatic heterocycles. The first-order valence-corrected chi connectivity index (χ1v) is 11.3. The molecule has 0 amide bonds. The lowest BCUT2D eigenvalue weighted by Gasteiger charge is -2.70. The Morgan fingerprint density at radius 1 is 1.25 bits per heavy atom. The number of esters is 1. The van der Waals surface area contributed by atoms with Crippen molar-refractivity contribution in [1.29, 1.82) is 0 Å². The number of carbonyl (C=O) groups is 1. The van der Waals surface area contributed by atoms with Crippen molar-refractivity contribution in [1.82, 2.24) is 4.90 Å². The van der Waals surface area contributed by atoms with Gasteiger partial charge < -0.3 is 14.9 Å². The Labute approximate surface area is 167 Å². The monoisotopic (exact) mass is 387 g/mol. The smallest absolute Gasteiger partial charge is 0.309 e. The summed E-state index contributed by atoms with van der Waals surface area (Å²) in [5.41, 5.74) is 1.04. The molecule has 4 fully saturated rings. The number of aliphatic hydroxyl groups is 2. The lowest BCUT2D eigenvalue weighted by Crippen LogP contribution is -2.77. The maximum absolute atomic E-state index is 12.8. The molecule has 0 radical (unpaired) electrons. The Bertz CT molecular complexity index is 793. The zero-order valence-electron chi connectivity index (χ0n) is 17.3. The summed E-state index contributed by atoms with van der Waals surface area (Å²) in [7, 11) is 1.49. The maximum atomic E-state index is 12.8. The van der Waals surface area contributed by atoms with Crippen LogP contribution in [0.2, 0.25) is 0 Å². The number of carbonyl (C=O) groups excluding carboxylic acids is 1. The topological polar surface area (TPSA) is 70.0 Å². The molecule has 6 aliphatic rings. The van der Waals surface area contributed by atoms with Gasteiger partial charge in [-0.2, -0.15) is 0 Å². The summed E-state index contributed by atoms with van der Waals surface area (Å²) in [6.45, 7) is 6.26. The lowest BCUT2D eigenvalue weighted by atomic mass is 9.41. The highest BCUT2D eigenvalue weighted by molar-refractivity contribution is 5.75. The van der Waals surface area contributed by atoms with Gasteiger partial charge in [0.1, 0.15) is 5.72 Å². The third-order valence-corrected chi connectivity index (χ3v) is 10.5. The van der Waals surface area contributed by atoms with Crippen molar-refractivity contribution < 1.29 is 19.7 Å². The summed E-state index contributed by atoms with van der Waals surface area (Å²) in [6, 6.07) is 0. The van der Waals surface area contributed by atoms with Crippen LogP contribution in [0, 0.1) is 40.4 Å². The van der Waals surface area contributed by atoms with Crippen molar-refractivity contribution >= 4 is 5.97 Å². The molecule has 0 aromatic carbocycles. The first-order chi connectivity index (χ1) is 13.3. The number of aliphatic hydroxyl groups excluding tert-OH is 1. The molecular formula is C23H33NO4. The van der Waals surface area contributed by atoms with Gasteiger partial charge in [-0.1, -0.05) is 25.0 Å². The molecule has 2 N–H and O–H groups in total. The average molecular weight is 388 g/mol. The second-order valence-electron chi connectivity index (χ2n) is 10.9. The third-order valence-electron chi connectivity index (χ3n) is 10.5. The fourth-order valence-corrected chi connectivity index (χ4v) is 9.41. The van der Waals surface area contributed by atoms with Crippen molar-refractivity contribution in [3.05, 3.63) is 11.1 Å². The van der Waals surface area contributed by atoms with Gasteiger partial charge in [0.2, 0.25) is 0 Å². The van der Waals surface area contributed by atoms with Crippen LogP contribution in [0.15, 0.2) is 11.1 Å². The van der Waals surface area contributed by atoms with Gasteiger partial charge in [0.05, 0.1) is 19.1 Å². The number of hydrogen-bond acceptors (Lipinski definition) is 5. The first-order valence-electron chi connectivity index (χ1n) is 11.3. The van der Waals surface area contributed by atoms with E-state index in [-0.39, 0.29) is 29.1 Å². The van der Waals surface area contributed by atoms with Crippen molar-refractivity contribution in [2.24, 2.45) is 40.4 Å². The second-order valence-corrected chi connectivity index (χ2v) is 10.9. The molecule has 5 heteroatoms. The van der Waals surface area contributed by atoms with E-state index in [9.17, 15) is 15.0 Å². The zero-order valence-corrected chi connectivity index (χ0v) is 17.3. The maximum Gasteiger partial charge on any atom is 0.309 e. The zero-order chi connectivity index (χ0) is 19.6. The predicted molar refractivity (Wildman–Crippen MR) is 103 cm³/mol. The summed E-state index contributed by atoms with van der Waals surface area (Å²) >= 11 is 0. The number of allylic oxidation sites excluding steroid dienone is 1. The number of hydrogen-bond donors (Lipinski definition) is 2. The highest BCUT2D eigenvalue weighted by Crippen LogP contribution is 2.79. The van der Waals surface area contributed by atoms with Crippen molar-refractivity contribution in [3.63, 3.8) is 0 Å². The van der Waals surface area contributed by atoms with Gasteiger partial charge in [0.25, 0.3) is 0 Å². The number of ether oxygens (including phenoxy) is 1. The Balaban J connectivity index is 1.67. The molecule has 2 aliphatic heterocycles. The molecule has 9 unspecified atom stereocenters. The van der Waals surface area contributed by atoms with Crippen LogP contribution >= 0.6 is 0 Å². The number of methoxy groups -OCH3 is 1. The first kappa shape index (κ1) is 17.9. The van der Waals surface area contributed by atoms with Gasteiger partial charge in [0, 0.05) is 29.8 Å². The van der Waals surface area contributed by atoms with Crippen molar-refractivity contribution in [2.75, 3.05) is 20.2 Å². The lowest BCUT2D eigenvalue weighted by molar-refractivity contribution is -0.320. The average Bonchev–Trinajstić information content (AvgIpc) is 3.29. The Hall–Kier alpha value is -0.910. The largest absolute Gasteiger partial charge is 0.469 e. The summed E-state index contributed by atoms with van der Waals surface area (Å²) in [5, 5.41) is 24.2. The van der Waals surface area contributed by atoms with Gasteiger partial charge in [-0.25, -0.2) is 0 Å². The summed E-state index contributed by atoms with van der Waals surface area (Å²) in [6.07, 6.45) is 5.11. The molecule has 9 atom stereocenters. The van der Waals surface area contributed by atoms with Crippen molar-refractivity contribution in [3.8, 4) is 0 Å². The molecular weight excluding hydrogens is 354 g/mol. The van der Waals surface area contributed by atoms with Gasteiger partial charge in [-0.15, -0.1) is 0 Å². The van der Waals surface area contributed by atoms with E-state index in [0.717, 1.165) is 38.8 Å². The van der Waals surface area contributed by atoms with Crippen LogP contribution in [0.25, 0.3) is 0 Å². The number of rotatable bonds is 1. The van der Waals surface area contributed by atoms with Crippen molar-refractivity contribution in [2.45, 2.75) is 64.2 Å². The molecule has 4 aliphatic carbocycles. The molecule has 1 spiro atoms. The van der Waals surface area contributed by atoms with E-state index in [1.807, 2.05) is 0 Å². The van der Waals surface area contributed by atoms with E-state index < -0.39 is 17.2 Å². The SMILES string of the molecule is COC(=O)C1CC23C4=C(CCC41)CCC1CN4CC(C)C(CC(O)C12C)C43O. The standard InChI is InChI=1S/C23H33NO4/c1-12-10-24-11-14-6-4-13-5-7-15-16(20(26)28-3)9-22(19(13)15)21(14,2)18(25)8-17(12)23(22,24)27/h12,14-18,25,27H,4-11H2,1-3H3. The number of piperidine rings is 1. The van der Waals surface area contributed by atoms with Gasteiger partial charge in [-0.3, -0.25) is 9.69 Å². The van der Waals surface area contributed by atoms with Crippen LogP contribution in [0.5, 0.6) is 0 Å². The van der Waals surface area contributed by atoms with E-state index in [2.05, 4.69) is 18.7 Å². The molecule has 2 saturated heterocycles.